The minimum absolute atomic E-state index is 0.143. The third kappa shape index (κ3) is 7.70. The van der Waals surface area contributed by atoms with Gasteiger partial charge in [-0.3, -0.25) is 4.79 Å². The number of nitrogens with one attached hydrogen (secondary N) is 1. The van der Waals surface area contributed by atoms with Crippen LogP contribution in [0.1, 0.15) is 11.1 Å². The first-order valence-electron chi connectivity index (χ1n) is 9.78. The number of nitrogens with zero attached hydrogens (tertiary/aromatic N) is 1. The van der Waals surface area contributed by atoms with Gasteiger partial charge in [-0.25, -0.2) is 5.43 Å². The zero-order chi connectivity index (χ0) is 21.7. The molecule has 0 saturated heterocycles. The standard InChI is InChI=1S/C25H24N2O4/c1-2-16-29-22-10-8-20(9-11-22)17-26-27-25(28)19-31-24-14-12-23(13-15-24)30-18-21-6-4-3-5-7-21/h2-15,17H,1,16,18-19H2,(H,27,28)/b26-17+. The first-order chi connectivity index (χ1) is 15.2. The van der Waals surface area contributed by atoms with E-state index in [1.165, 1.54) is 0 Å². The average molecular weight is 416 g/mol. The zero-order valence-electron chi connectivity index (χ0n) is 17.1. The highest BCUT2D eigenvalue weighted by Gasteiger charge is 2.02. The second-order valence-corrected chi connectivity index (χ2v) is 6.50. The summed E-state index contributed by atoms with van der Waals surface area (Å²) in [7, 11) is 0. The van der Waals surface area contributed by atoms with Crippen LogP contribution in [0.4, 0.5) is 0 Å². The SMILES string of the molecule is C=CCOc1ccc(/C=N/NC(=O)COc2ccc(OCc3ccccc3)cc2)cc1. The van der Waals surface area contributed by atoms with Crippen molar-refractivity contribution >= 4 is 12.1 Å². The summed E-state index contributed by atoms with van der Waals surface area (Å²) in [5, 5.41) is 3.93. The van der Waals surface area contributed by atoms with E-state index in [1.807, 2.05) is 54.6 Å². The van der Waals surface area contributed by atoms with E-state index >= 15 is 0 Å². The largest absolute Gasteiger partial charge is 0.490 e. The average Bonchev–Trinajstić information content (AvgIpc) is 2.82. The molecule has 6 heteroatoms. The minimum atomic E-state index is -0.355. The Morgan fingerprint density at radius 2 is 1.45 bits per heavy atom. The molecular formula is C25H24N2O4. The lowest BCUT2D eigenvalue weighted by Crippen LogP contribution is -2.24. The van der Waals surface area contributed by atoms with Crippen LogP contribution in [0.25, 0.3) is 0 Å². The van der Waals surface area contributed by atoms with Crippen LogP contribution in [-0.4, -0.2) is 25.3 Å². The van der Waals surface area contributed by atoms with Crippen LogP contribution < -0.4 is 19.6 Å². The van der Waals surface area contributed by atoms with Crippen LogP contribution in [0.15, 0.2) is 96.6 Å². The van der Waals surface area contributed by atoms with E-state index in [0.717, 1.165) is 22.6 Å². The van der Waals surface area contributed by atoms with E-state index in [-0.39, 0.29) is 12.5 Å². The highest BCUT2D eigenvalue weighted by atomic mass is 16.5. The van der Waals surface area contributed by atoms with E-state index < -0.39 is 0 Å². The summed E-state index contributed by atoms with van der Waals surface area (Å²) >= 11 is 0. The van der Waals surface area contributed by atoms with Gasteiger partial charge in [0.1, 0.15) is 30.5 Å². The highest BCUT2D eigenvalue weighted by molar-refractivity contribution is 5.83. The Morgan fingerprint density at radius 3 is 2.13 bits per heavy atom. The number of benzene rings is 3. The van der Waals surface area contributed by atoms with Crippen LogP contribution in [0.2, 0.25) is 0 Å². The number of hydrogen-bond donors (Lipinski definition) is 1. The predicted octanol–water partition coefficient (Wildman–Crippen LogP) is 4.36. The number of carbonyl (C=O) groups excluding carboxylic acids is 1. The smallest absolute Gasteiger partial charge is 0.277 e. The summed E-state index contributed by atoms with van der Waals surface area (Å²) in [6, 6.07) is 24.4. The van der Waals surface area contributed by atoms with Crippen molar-refractivity contribution < 1.29 is 19.0 Å². The molecule has 3 aromatic rings. The molecule has 6 nitrogen and oxygen atoms in total. The van der Waals surface area contributed by atoms with Gasteiger partial charge in [0.05, 0.1) is 6.21 Å². The fourth-order valence-electron chi connectivity index (χ4n) is 2.54. The molecule has 31 heavy (non-hydrogen) atoms. The van der Waals surface area contributed by atoms with Gasteiger partial charge in [0.15, 0.2) is 6.61 Å². The molecule has 0 atom stereocenters. The molecule has 1 N–H and O–H groups in total. The van der Waals surface area contributed by atoms with Crippen LogP contribution in [-0.2, 0) is 11.4 Å². The Hall–Kier alpha value is -4.06. The van der Waals surface area contributed by atoms with Gasteiger partial charge in [-0.05, 0) is 59.7 Å². The summed E-state index contributed by atoms with van der Waals surface area (Å²) < 4.78 is 16.6. The fourth-order valence-corrected chi connectivity index (χ4v) is 2.54. The van der Waals surface area contributed by atoms with Crippen molar-refractivity contribution in [3.05, 3.63) is 103 Å². The normalized spacial score (nSPS) is 10.5. The van der Waals surface area contributed by atoms with E-state index in [0.29, 0.717) is 19.0 Å². The molecule has 0 radical (unpaired) electrons. The Kier molecular flexibility index (Phi) is 8.26. The molecule has 3 rings (SSSR count). The lowest BCUT2D eigenvalue weighted by atomic mass is 10.2. The topological polar surface area (TPSA) is 69.2 Å². The van der Waals surface area contributed by atoms with Gasteiger partial charge in [0.25, 0.3) is 5.91 Å². The first kappa shape index (κ1) is 21.6. The number of amides is 1. The molecule has 1 amide bonds. The number of carbonyl (C=O) groups is 1. The summed E-state index contributed by atoms with van der Waals surface area (Å²) in [5.41, 5.74) is 4.36. The number of hydrogen-bond acceptors (Lipinski definition) is 5. The predicted molar refractivity (Wildman–Crippen MR) is 121 cm³/mol. The molecule has 0 unspecified atom stereocenters. The number of hydrazone groups is 1. The molecule has 0 aliphatic carbocycles. The summed E-state index contributed by atoms with van der Waals surface area (Å²) in [5.74, 6) is 1.69. The first-order valence-corrected chi connectivity index (χ1v) is 9.78. The van der Waals surface area contributed by atoms with Crippen LogP contribution in [0.5, 0.6) is 17.2 Å². The van der Waals surface area contributed by atoms with Gasteiger partial charge in [0.2, 0.25) is 0 Å². The molecular weight excluding hydrogens is 392 g/mol. The van der Waals surface area contributed by atoms with Crippen molar-refractivity contribution in [3.63, 3.8) is 0 Å². The maximum Gasteiger partial charge on any atom is 0.277 e. The molecule has 0 aliphatic heterocycles. The van der Waals surface area contributed by atoms with Gasteiger partial charge in [-0.15, -0.1) is 0 Å². The molecule has 0 aliphatic rings. The molecule has 0 saturated carbocycles. The third-order valence-electron chi connectivity index (χ3n) is 4.09. The lowest BCUT2D eigenvalue weighted by molar-refractivity contribution is -0.123. The van der Waals surface area contributed by atoms with Gasteiger partial charge in [0, 0.05) is 0 Å². The van der Waals surface area contributed by atoms with Crippen LogP contribution in [0.3, 0.4) is 0 Å². The monoisotopic (exact) mass is 416 g/mol. The lowest BCUT2D eigenvalue weighted by Gasteiger charge is -2.08. The number of ether oxygens (including phenoxy) is 3. The Morgan fingerprint density at radius 1 is 0.839 bits per heavy atom. The van der Waals surface area contributed by atoms with Crippen molar-refractivity contribution in [1.29, 1.82) is 0 Å². The van der Waals surface area contributed by atoms with Crippen molar-refractivity contribution in [2.24, 2.45) is 5.10 Å². The van der Waals surface area contributed by atoms with Crippen molar-refractivity contribution in [3.8, 4) is 17.2 Å². The fraction of sp³-hybridized carbons (Fsp3) is 0.120. The van der Waals surface area contributed by atoms with E-state index in [9.17, 15) is 4.79 Å². The quantitative estimate of drug-likeness (QED) is 0.286. The van der Waals surface area contributed by atoms with Crippen molar-refractivity contribution in [1.82, 2.24) is 5.43 Å². The van der Waals surface area contributed by atoms with Crippen LogP contribution >= 0.6 is 0 Å². The second-order valence-electron chi connectivity index (χ2n) is 6.50. The second kappa shape index (κ2) is 11.8. The molecule has 158 valence electrons. The maximum absolute atomic E-state index is 11.9. The van der Waals surface area contributed by atoms with Gasteiger partial charge in [-0.2, -0.15) is 5.10 Å². The minimum Gasteiger partial charge on any atom is -0.490 e. The van der Waals surface area contributed by atoms with E-state index in [4.69, 9.17) is 14.2 Å². The Balaban J connectivity index is 1.38. The molecule has 0 spiro atoms. The highest BCUT2D eigenvalue weighted by Crippen LogP contribution is 2.18. The van der Waals surface area contributed by atoms with E-state index in [1.54, 1.807) is 36.6 Å². The number of rotatable bonds is 11. The zero-order valence-corrected chi connectivity index (χ0v) is 17.1. The summed E-state index contributed by atoms with van der Waals surface area (Å²) in [6.45, 7) is 4.40. The third-order valence-corrected chi connectivity index (χ3v) is 4.09. The van der Waals surface area contributed by atoms with Crippen LogP contribution in [0, 0.1) is 0 Å². The Bertz CT molecular complexity index is 984. The summed E-state index contributed by atoms with van der Waals surface area (Å²) in [4.78, 5) is 11.9. The molecule has 0 heterocycles. The van der Waals surface area contributed by atoms with E-state index in [2.05, 4.69) is 17.1 Å². The summed E-state index contributed by atoms with van der Waals surface area (Å²) in [6.07, 6.45) is 3.23. The van der Waals surface area contributed by atoms with Gasteiger partial charge < -0.3 is 14.2 Å². The van der Waals surface area contributed by atoms with Crippen molar-refractivity contribution in [2.45, 2.75) is 6.61 Å². The molecule has 0 fully saturated rings. The molecule has 0 aromatic heterocycles. The van der Waals surface area contributed by atoms with Crippen molar-refractivity contribution in [2.75, 3.05) is 13.2 Å². The molecule has 0 bridgehead atoms. The maximum atomic E-state index is 11.9. The molecule has 3 aromatic carbocycles. The van der Waals surface area contributed by atoms with Gasteiger partial charge in [-0.1, -0.05) is 43.0 Å². The van der Waals surface area contributed by atoms with Gasteiger partial charge >= 0.3 is 0 Å². The Labute approximate surface area is 181 Å².